The molecule has 21 heavy (non-hydrogen) atoms. The number of rotatable bonds is 8. The van der Waals surface area contributed by atoms with E-state index in [1.165, 1.54) is 5.56 Å². The Balaban J connectivity index is 1.90. The molecule has 4 heteroatoms. The van der Waals surface area contributed by atoms with E-state index >= 15 is 0 Å². The van der Waals surface area contributed by atoms with E-state index < -0.39 is 0 Å². The van der Waals surface area contributed by atoms with Gasteiger partial charge in [-0.15, -0.1) is 0 Å². The molecule has 1 heterocycles. The summed E-state index contributed by atoms with van der Waals surface area (Å²) >= 11 is 0. The van der Waals surface area contributed by atoms with Crippen LogP contribution in [0.4, 0.5) is 0 Å². The van der Waals surface area contributed by atoms with E-state index in [2.05, 4.69) is 18.3 Å². The van der Waals surface area contributed by atoms with Crippen LogP contribution in [-0.2, 0) is 13.0 Å². The van der Waals surface area contributed by atoms with Gasteiger partial charge in [0, 0.05) is 19.0 Å². The zero-order valence-electron chi connectivity index (χ0n) is 12.9. The molecule has 4 nitrogen and oxygen atoms in total. The summed E-state index contributed by atoms with van der Waals surface area (Å²) in [5, 5.41) is 3.48. The number of hydrogen-bond acceptors (Lipinski definition) is 4. The van der Waals surface area contributed by atoms with Gasteiger partial charge >= 0.3 is 0 Å². The number of hydrogen-bond donors (Lipinski definition) is 1. The van der Waals surface area contributed by atoms with Gasteiger partial charge in [0.05, 0.1) is 20.0 Å². The Hall–Kier alpha value is -1.94. The molecular weight excluding hydrogens is 266 g/mol. The highest BCUT2D eigenvalue weighted by Crippen LogP contribution is 2.28. The van der Waals surface area contributed by atoms with E-state index in [4.69, 9.17) is 13.9 Å². The number of ether oxygens (including phenoxy) is 2. The van der Waals surface area contributed by atoms with Gasteiger partial charge in [-0.3, -0.25) is 0 Å². The third kappa shape index (κ3) is 4.53. The normalized spacial score (nSPS) is 12.1. The van der Waals surface area contributed by atoms with Crippen LogP contribution in [0.15, 0.2) is 41.0 Å². The van der Waals surface area contributed by atoms with Crippen LogP contribution >= 0.6 is 0 Å². The minimum Gasteiger partial charge on any atom is -0.493 e. The molecule has 0 amide bonds. The quantitative estimate of drug-likeness (QED) is 0.809. The van der Waals surface area contributed by atoms with Gasteiger partial charge in [-0.05, 0) is 43.7 Å². The maximum Gasteiger partial charge on any atom is 0.161 e. The number of benzene rings is 1. The third-order valence-electron chi connectivity index (χ3n) is 3.27. The maximum absolute atomic E-state index is 5.52. The summed E-state index contributed by atoms with van der Waals surface area (Å²) in [6, 6.07) is 10.3. The summed E-state index contributed by atoms with van der Waals surface area (Å²) in [6.07, 6.45) is 2.58. The second kappa shape index (κ2) is 7.74. The lowest BCUT2D eigenvalue weighted by atomic mass is 10.1. The van der Waals surface area contributed by atoms with Crippen LogP contribution < -0.4 is 14.8 Å². The second-order valence-electron chi connectivity index (χ2n) is 4.98. The summed E-state index contributed by atoms with van der Waals surface area (Å²) in [5.74, 6) is 2.56. The van der Waals surface area contributed by atoms with Gasteiger partial charge in [0.2, 0.25) is 0 Å². The fourth-order valence-corrected chi connectivity index (χ4v) is 2.19. The first kappa shape index (κ1) is 15.4. The fraction of sp³-hybridized carbons (Fsp3) is 0.412. The SMILES string of the molecule is CCOc1ccc(CNC(C)Cc2ccco2)cc1OC. The first-order valence-electron chi connectivity index (χ1n) is 7.28. The van der Waals surface area contributed by atoms with Crippen molar-refractivity contribution in [2.45, 2.75) is 32.9 Å². The molecule has 1 aromatic heterocycles. The molecule has 1 atom stereocenters. The van der Waals surface area contributed by atoms with Crippen molar-refractivity contribution >= 4 is 0 Å². The molecule has 2 rings (SSSR count). The molecular formula is C17H23NO3. The average molecular weight is 289 g/mol. The number of furan rings is 1. The van der Waals surface area contributed by atoms with Gasteiger partial charge in [0.15, 0.2) is 11.5 Å². The largest absolute Gasteiger partial charge is 0.493 e. The Morgan fingerprint density at radius 1 is 1.24 bits per heavy atom. The molecule has 0 fully saturated rings. The predicted octanol–water partition coefficient (Wildman–Crippen LogP) is 3.41. The summed E-state index contributed by atoms with van der Waals surface area (Å²) in [5.41, 5.74) is 1.17. The van der Waals surface area contributed by atoms with E-state index in [0.717, 1.165) is 30.2 Å². The molecule has 0 saturated heterocycles. The van der Waals surface area contributed by atoms with Crippen LogP contribution in [0.25, 0.3) is 0 Å². The highest BCUT2D eigenvalue weighted by atomic mass is 16.5. The highest BCUT2D eigenvalue weighted by Gasteiger charge is 2.08. The summed E-state index contributed by atoms with van der Waals surface area (Å²) < 4.78 is 16.2. The first-order chi connectivity index (χ1) is 10.2. The minimum atomic E-state index is 0.341. The molecule has 0 radical (unpaired) electrons. The summed E-state index contributed by atoms with van der Waals surface area (Å²) in [4.78, 5) is 0. The number of nitrogens with one attached hydrogen (secondary N) is 1. The Bertz CT molecular complexity index is 537. The van der Waals surface area contributed by atoms with Crippen molar-refractivity contribution in [2.75, 3.05) is 13.7 Å². The monoisotopic (exact) mass is 289 g/mol. The van der Waals surface area contributed by atoms with Crippen molar-refractivity contribution in [1.82, 2.24) is 5.32 Å². The van der Waals surface area contributed by atoms with Crippen LogP contribution in [0, 0.1) is 0 Å². The van der Waals surface area contributed by atoms with Gasteiger partial charge in [0.1, 0.15) is 5.76 Å². The third-order valence-corrected chi connectivity index (χ3v) is 3.27. The van der Waals surface area contributed by atoms with Crippen LogP contribution in [-0.4, -0.2) is 19.8 Å². The molecule has 0 aliphatic carbocycles. The summed E-state index contributed by atoms with van der Waals surface area (Å²) in [7, 11) is 1.66. The van der Waals surface area contributed by atoms with E-state index in [0.29, 0.717) is 12.6 Å². The Labute approximate surface area is 126 Å². The van der Waals surface area contributed by atoms with Crippen LogP contribution in [0.1, 0.15) is 25.2 Å². The molecule has 0 bridgehead atoms. The van der Waals surface area contributed by atoms with E-state index in [1.54, 1.807) is 13.4 Å². The fourth-order valence-electron chi connectivity index (χ4n) is 2.19. The molecule has 1 aromatic carbocycles. The van der Waals surface area contributed by atoms with Crippen molar-refractivity contribution in [1.29, 1.82) is 0 Å². The highest BCUT2D eigenvalue weighted by molar-refractivity contribution is 5.42. The van der Waals surface area contributed by atoms with E-state index in [1.807, 2.05) is 31.2 Å². The van der Waals surface area contributed by atoms with Crippen molar-refractivity contribution in [3.8, 4) is 11.5 Å². The van der Waals surface area contributed by atoms with Gasteiger partial charge in [-0.1, -0.05) is 6.07 Å². The lowest BCUT2D eigenvalue weighted by Crippen LogP contribution is -2.27. The topological polar surface area (TPSA) is 43.6 Å². The molecule has 0 aliphatic rings. The standard InChI is InChI=1S/C17H23NO3/c1-4-20-16-8-7-14(11-17(16)19-3)12-18-13(2)10-15-6-5-9-21-15/h5-9,11,13,18H,4,10,12H2,1-3H3. The maximum atomic E-state index is 5.52. The average Bonchev–Trinajstić information content (AvgIpc) is 2.99. The zero-order chi connectivity index (χ0) is 15.1. The molecule has 0 aliphatic heterocycles. The van der Waals surface area contributed by atoms with E-state index in [-0.39, 0.29) is 0 Å². The molecule has 1 N–H and O–H groups in total. The Kier molecular flexibility index (Phi) is 5.69. The van der Waals surface area contributed by atoms with Crippen molar-refractivity contribution in [3.63, 3.8) is 0 Å². The second-order valence-corrected chi connectivity index (χ2v) is 4.98. The number of methoxy groups -OCH3 is 1. The molecule has 1 unspecified atom stereocenters. The predicted molar refractivity (Wildman–Crippen MR) is 82.9 cm³/mol. The lowest BCUT2D eigenvalue weighted by Gasteiger charge is -2.14. The summed E-state index contributed by atoms with van der Waals surface area (Å²) in [6.45, 7) is 5.53. The first-order valence-corrected chi connectivity index (χ1v) is 7.28. The Morgan fingerprint density at radius 2 is 2.10 bits per heavy atom. The van der Waals surface area contributed by atoms with Gasteiger partial charge in [-0.2, -0.15) is 0 Å². The van der Waals surface area contributed by atoms with Crippen molar-refractivity contribution in [3.05, 3.63) is 47.9 Å². The molecule has 0 spiro atoms. The molecule has 2 aromatic rings. The zero-order valence-corrected chi connectivity index (χ0v) is 12.9. The lowest BCUT2D eigenvalue weighted by molar-refractivity contribution is 0.310. The van der Waals surface area contributed by atoms with Gasteiger partial charge < -0.3 is 19.2 Å². The van der Waals surface area contributed by atoms with Crippen molar-refractivity contribution < 1.29 is 13.9 Å². The van der Waals surface area contributed by atoms with Crippen molar-refractivity contribution in [2.24, 2.45) is 0 Å². The molecule has 114 valence electrons. The van der Waals surface area contributed by atoms with Gasteiger partial charge in [-0.25, -0.2) is 0 Å². The van der Waals surface area contributed by atoms with E-state index in [9.17, 15) is 0 Å². The van der Waals surface area contributed by atoms with Crippen LogP contribution in [0.5, 0.6) is 11.5 Å². The van der Waals surface area contributed by atoms with Gasteiger partial charge in [0.25, 0.3) is 0 Å². The Morgan fingerprint density at radius 3 is 2.76 bits per heavy atom. The minimum absolute atomic E-state index is 0.341. The van der Waals surface area contributed by atoms with Crippen LogP contribution in [0.3, 0.4) is 0 Å². The smallest absolute Gasteiger partial charge is 0.161 e. The molecule has 0 saturated carbocycles. The van der Waals surface area contributed by atoms with Crippen LogP contribution in [0.2, 0.25) is 0 Å².